The summed E-state index contributed by atoms with van der Waals surface area (Å²) in [4.78, 5) is 17.9. The molecule has 0 N–H and O–H groups in total. The van der Waals surface area contributed by atoms with Gasteiger partial charge in [0, 0.05) is 10.4 Å². The predicted octanol–water partition coefficient (Wildman–Crippen LogP) is 4.06. The van der Waals surface area contributed by atoms with Gasteiger partial charge in [0.05, 0.1) is 23.9 Å². The molecule has 0 atom stereocenters. The molecule has 2 aromatic carbocycles. The monoisotopic (exact) mass is 372 g/mol. The number of esters is 1. The summed E-state index contributed by atoms with van der Waals surface area (Å²) in [6, 6.07) is 12.1. The average Bonchev–Trinajstić information content (AvgIpc) is 3.04. The molecule has 25 heavy (non-hydrogen) atoms. The van der Waals surface area contributed by atoms with Crippen molar-refractivity contribution in [2.45, 2.75) is 0 Å². The Morgan fingerprint density at radius 2 is 1.88 bits per heavy atom. The van der Waals surface area contributed by atoms with E-state index in [1.54, 1.807) is 24.3 Å². The summed E-state index contributed by atoms with van der Waals surface area (Å²) in [6.45, 7) is 0. The van der Waals surface area contributed by atoms with E-state index in [1.807, 2.05) is 12.1 Å². The van der Waals surface area contributed by atoms with E-state index in [0.717, 1.165) is 0 Å². The van der Waals surface area contributed by atoms with Gasteiger partial charge in [-0.2, -0.15) is 4.80 Å². The summed E-state index contributed by atoms with van der Waals surface area (Å²) in [6.07, 6.45) is 0. The van der Waals surface area contributed by atoms with Crippen LogP contribution in [0.2, 0.25) is 10.2 Å². The number of rotatable bonds is 2. The molecule has 0 spiro atoms. The minimum atomic E-state index is -0.515. The second-order valence-corrected chi connectivity index (χ2v) is 6.10. The van der Waals surface area contributed by atoms with E-state index < -0.39 is 5.97 Å². The van der Waals surface area contributed by atoms with E-state index in [4.69, 9.17) is 27.9 Å². The van der Waals surface area contributed by atoms with Gasteiger partial charge >= 0.3 is 5.97 Å². The van der Waals surface area contributed by atoms with Crippen LogP contribution in [0.4, 0.5) is 0 Å². The van der Waals surface area contributed by atoms with Crippen molar-refractivity contribution < 1.29 is 9.53 Å². The standard InChI is InChI=1S/C17H10Cl2N4O2/c1-25-17(24)11-8-14(19)20-12-5-6-13-16(15(11)12)22-23(21-13)10-4-2-3-9(18)7-10/h2-8H,1H3. The molecular weight excluding hydrogens is 363 g/mol. The fraction of sp³-hybridized carbons (Fsp3) is 0.0588. The third kappa shape index (κ3) is 2.69. The van der Waals surface area contributed by atoms with Crippen molar-refractivity contribution in [3.8, 4) is 5.69 Å². The van der Waals surface area contributed by atoms with E-state index in [0.29, 0.717) is 38.2 Å². The average molecular weight is 373 g/mol. The van der Waals surface area contributed by atoms with Crippen molar-refractivity contribution in [3.63, 3.8) is 0 Å². The number of carbonyl (C=O) groups excluding carboxylic acids is 1. The van der Waals surface area contributed by atoms with E-state index in [2.05, 4.69) is 15.2 Å². The highest BCUT2D eigenvalue weighted by Gasteiger charge is 2.18. The van der Waals surface area contributed by atoms with Crippen LogP contribution in [0.5, 0.6) is 0 Å². The normalized spacial score (nSPS) is 11.2. The summed E-state index contributed by atoms with van der Waals surface area (Å²) in [5, 5.41) is 10.3. The first kappa shape index (κ1) is 15.8. The molecule has 124 valence electrons. The van der Waals surface area contributed by atoms with Crippen molar-refractivity contribution in [2.75, 3.05) is 7.11 Å². The van der Waals surface area contributed by atoms with Gasteiger partial charge in [-0.15, -0.1) is 10.2 Å². The van der Waals surface area contributed by atoms with Gasteiger partial charge in [-0.1, -0.05) is 29.3 Å². The van der Waals surface area contributed by atoms with Crippen LogP contribution >= 0.6 is 23.2 Å². The Hall–Kier alpha value is -2.70. The zero-order valence-corrected chi connectivity index (χ0v) is 14.4. The summed E-state index contributed by atoms with van der Waals surface area (Å²) in [5.41, 5.74) is 2.68. The van der Waals surface area contributed by atoms with Gasteiger partial charge in [0.25, 0.3) is 0 Å². The van der Waals surface area contributed by atoms with Crippen LogP contribution in [-0.4, -0.2) is 33.1 Å². The molecule has 8 heteroatoms. The number of pyridine rings is 1. The number of hydrogen-bond donors (Lipinski definition) is 0. The first-order valence-corrected chi connectivity index (χ1v) is 8.03. The van der Waals surface area contributed by atoms with E-state index in [-0.39, 0.29) is 5.15 Å². The van der Waals surface area contributed by atoms with Crippen LogP contribution in [0.1, 0.15) is 10.4 Å². The van der Waals surface area contributed by atoms with Gasteiger partial charge < -0.3 is 4.74 Å². The zero-order valence-electron chi connectivity index (χ0n) is 12.9. The molecule has 0 unspecified atom stereocenters. The highest BCUT2D eigenvalue weighted by Crippen LogP contribution is 2.28. The Balaban J connectivity index is 2.05. The van der Waals surface area contributed by atoms with Crippen LogP contribution < -0.4 is 0 Å². The Morgan fingerprint density at radius 3 is 2.64 bits per heavy atom. The molecule has 4 aromatic rings. The van der Waals surface area contributed by atoms with Gasteiger partial charge in [0.1, 0.15) is 16.2 Å². The predicted molar refractivity (Wildman–Crippen MR) is 95.5 cm³/mol. The number of aromatic nitrogens is 4. The number of methoxy groups -OCH3 is 1. The fourth-order valence-corrected chi connectivity index (χ4v) is 3.04. The Bertz CT molecular complexity index is 1140. The molecule has 0 radical (unpaired) electrons. The molecule has 6 nitrogen and oxygen atoms in total. The summed E-state index contributed by atoms with van der Waals surface area (Å²) >= 11 is 12.1. The Kier molecular flexibility index (Phi) is 3.78. The second-order valence-electron chi connectivity index (χ2n) is 5.28. The van der Waals surface area contributed by atoms with Gasteiger partial charge in [-0.05, 0) is 36.4 Å². The summed E-state index contributed by atoms with van der Waals surface area (Å²) in [7, 11) is 1.31. The van der Waals surface area contributed by atoms with E-state index in [9.17, 15) is 4.79 Å². The minimum absolute atomic E-state index is 0.203. The number of hydrogen-bond acceptors (Lipinski definition) is 5. The molecular formula is C17H10Cl2N4O2. The van der Waals surface area contributed by atoms with Gasteiger partial charge in [-0.25, -0.2) is 9.78 Å². The lowest BCUT2D eigenvalue weighted by atomic mass is 10.1. The van der Waals surface area contributed by atoms with E-state index in [1.165, 1.54) is 18.0 Å². The number of halogens is 2. The lowest BCUT2D eigenvalue weighted by molar-refractivity contribution is 0.0603. The van der Waals surface area contributed by atoms with Gasteiger partial charge in [0.15, 0.2) is 0 Å². The van der Waals surface area contributed by atoms with Crippen molar-refractivity contribution in [1.29, 1.82) is 0 Å². The molecule has 2 heterocycles. The number of benzene rings is 2. The minimum Gasteiger partial charge on any atom is -0.465 e. The molecule has 0 amide bonds. The first-order chi connectivity index (χ1) is 12.1. The number of nitrogens with zero attached hydrogens (tertiary/aromatic N) is 4. The summed E-state index contributed by atoms with van der Waals surface area (Å²) in [5.74, 6) is -0.515. The summed E-state index contributed by atoms with van der Waals surface area (Å²) < 4.78 is 4.86. The third-order valence-electron chi connectivity index (χ3n) is 3.74. The van der Waals surface area contributed by atoms with Crippen LogP contribution in [0, 0.1) is 0 Å². The van der Waals surface area contributed by atoms with Crippen LogP contribution in [0.15, 0.2) is 42.5 Å². The van der Waals surface area contributed by atoms with Crippen LogP contribution in [0.25, 0.3) is 27.6 Å². The highest BCUT2D eigenvalue weighted by molar-refractivity contribution is 6.31. The quantitative estimate of drug-likeness (QED) is 0.392. The first-order valence-electron chi connectivity index (χ1n) is 7.27. The van der Waals surface area contributed by atoms with Crippen molar-refractivity contribution in [2.24, 2.45) is 0 Å². The third-order valence-corrected chi connectivity index (χ3v) is 4.17. The lowest BCUT2D eigenvalue weighted by Gasteiger charge is -2.05. The lowest BCUT2D eigenvalue weighted by Crippen LogP contribution is -2.03. The molecule has 0 bridgehead atoms. The number of fused-ring (bicyclic) bond motifs is 3. The van der Waals surface area contributed by atoms with Crippen LogP contribution in [-0.2, 0) is 4.74 Å². The largest absolute Gasteiger partial charge is 0.465 e. The molecule has 4 rings (SSSR count). The smallest absolute Gasteiger partial charge is 0.338 e. The molecule has 0 aliphatic carbocycles. The maximum absolute atomic E-state index is 12.2. The maximum Gasteiger partial charge on any atom is 0.338 e. The fourth-order valence-electron chi connectivity index (χ4n) is 2.65. The zero-order chi connectivity index (χ0) is 17.6. The van der Waals surface area contributed by atoms with Gasteiger partial charge in [-0.3, -0.25) is 0 Å². The molecule has 0 aliphatic heterocycles. The van der Waals surface area contributed by atoms with Crippen molar-refractivity contribution >= 4 is 51.1 Å². The molecule has 0 saturated heterocycles. The molecule has 0 fully saturated rings. The molecule has 0 saturated carbocycles. The number of carbonyl (C=O) groups is 1. The van der Waals surface area contributed by atoms with Crippen molar-refractivity contribution in [3.05, 3.63) is 58.2 Å². The van der Waals surface area contributed by atoms with Gasteiger partial charge in [0.2, 0.25) is 0 Å². The Morgan fingerprint density at radius 1 is 1.08 bits per heavy atom. The highest BCUT2D eigenvalue weighted by atomic mass is 35.5. The Labute approximate surface area is 151 Å². The van der Waals surface area contributed by atoms with Crippen LogP contribution in [0.3, 0.4) is 0 Å². The molecule has 0 aliphatic rings. The maximum atomic E-state index is 12.2. The second kappa shape index (κ2) is 5.98. The van der Waals surface area contributed by atoms with E-state index >= 15 is 0 Å². The number of ether oxygens (including phenoxy) is 1. The van der Waals surface area contributed by atoms with Crippen molar-refractivity contribution in [1.82, 2.24) is 20.0 Å². The molecule has 2 aromatic heterocycles. The topological polar surface area (TPSA) is 69.9 Å². The SMILES string of the molecule is COC(=O)c1cc(Cl)nc2ccc3nn(-c4cccc(Cl)c4)nc3c12.